The first kappa shape index (κ1) is 35.8. The second-order valence-corrected chi connectivity index (χ2v) is 15.9. The van der Waals surface area contributed by atoms with Gasteiger partial charge in [-0.2, -0.15) is 0 Å². The molecule has 10 aromatic rings. The van der Waals surface area contributed by atoms with E-state index in [9.17, 15) is 0 Å². The molecule has 1 aliphatic carbocycles. The maximum atomic E-state index is 6.82. The highest BCUT2D eigenvalue weighted by Gasteiger charge is 2.43. The molecule has 2 unspecified atom stereocenters. The zero-order valence-corrected chi connectivity index (χ0v) is 33.6. The summed E-state index contributed by atoms with van der Waals surface area (Å²) in [5.74, 6) is 2.92. The van der Waals surface area contributed by atoms with E-state index in [-0.39, 0.29) is 12.0 Å². The Morgan fingerprint density at radius 1 is 0.403 bits per heavy atom. The molecule has 0 N–H and O–H groups in total. The van der Waals surface area contributed by atoms with Gasteiger partial charge in [-0.15, -0.1) is 0 Å². The van der Waals surface area contributed by atoms with Gasteiger partial charge in [0.2, 0.25) is 0 Å². The van der Waals surface area contributed by atoms with Crippen LogP contribution >= 0.6 is 0 Å². The zero-order valence-electron chi connectivity index (χ0n) is 33.6. The minimum atomic E-state index is 0.140. The van der Waals surface area contributed by atoms with E-state index in [1.807, 2.05) is 12.1 Å². The van der Waals surface area contributed by atoms with Gasteiger partial charge in [0.05, 0.1) is 6.04 Å². The number of benzene rings is 8. The molecule has 8 aromatic carbocycles. The lowest BCUT2D eigenvalue weighted by atomic mass is 9.82. The summed E-state index contributed by atoms with van der Waals surface area (Å²) in [5.41, 5.74) is 15.4. The van der Waals surface area contributed by atoms with Crippen LogP contribution in [0.2, 0.25) is 0 Å². The van der Waals surface area contributed by atoms with Crippen molar-refractivity contribution in [3.63, 3.8) is 0 Å². The van der Waals surface area contributed by atoms with Crippen molar-refractivity contribution in [2.24, 2.45) is 0 Å². The number of hydrogen-bond donors (Lipinski definition) is 0. The third kappa shape index (κ3) is 6.13. The number of aromatic nitrogens is 3. The average Bonchev–Trinajstić information content (AvgIpc) is 3.91. The fourth-order valence-corrected chi connectivity index (χ4v) is 9.35. The molecule has 1 aliphatic heterocycles. The lowest BCUT2D eigenvalue weighted by Crippen LogP contribution is -2.30. The molecule has 0 amide bonds. The van der Waals surface area contributed by atoms with Crippen LogP contribution < -0.4 is 4.90 Å². The van der Waals surface area contributed by atoms with E-state index in [0.717, 1.165) is 55.7 Å². The number of para-hydroxylation sites is 3. The lowest BCUT2D eigenvalue weighted by Gasteiger charge is -2.30. The summed E-state index contributed by atoms with van der Waals surface area (Å²) in [6.45, 7) is 0. The van der Waals surface area contributed by atoms with Crippen molar-refractivity contribution >= 4 is 28.4 Å². The summed E-state index contributed by atoms with van der Waals surface area (Å²) in [6.07, 6.45) is 4.48. The second-order valence-electron chi connectivity index (χ2n) is 15.9. The summed E-state index contributed by atoms with van der Waals surface area (Å²) in [5, 5.41) is 1.15. The standard InChI is InChI=1S/C57H38N4O/c1-4-13-37(14-5-1)39-23-29-42(30-24-39)55-58-56(43-31-25-40(26-32-43)38-15-6-2-7-16-38)60-57(59-55)44-33-27-41(28-34-44)46-20-12-21-48-53-51(62-54(46)48)36-35-50-52(53)47-19-10-11-22-49(47)61(50)45-17-8-3-9-18-45/h1-36,50,52H. The van der Waals surface area contributed by atoms with Gasteiger partial charge >= 0.3 is 0 Å². The monoisotopic (exact) mass is 794 g/mol. The molecule has 0 spiro atoms. The van der Waals surface area contributed by atoms with Gasteiger partial charge < -0.3 is 9.32 Å². The van der Waals surface area contributed by atoms with Crippen LogP contribution in [0, 0.1) is 0 Å². The van der Waals surface area contributed by atoms with Crippen LogP contribution in [-0.4, -0.2) is 21.0 Å². The summed E-state index contributed by atoms with van der Waals surface area (Å²) in [7, 11) is 0. The van der Waals surface area contributed by atoms with Gasteiger partial charge in [-0.1, -0.05) is 194 Å². The molecular weight excluding hydrogens is 757 g/mol. The first-order valence-corrected chi connectivity index (χ1v) is 21.1. The first-order valence-electron chi connectivity index (χ1n) is 21.1. The number of furan rings is 1. The third-order valence-electron chi connectivity index (χ3n) is 12.3. The molecule has 292 valence electrons. The van der Waals surface area contributed by atoms with Crippen LogP contribution in [0.1, 0.15) is 22.8 Å². The maximum absolute atomic E-state index is 6.82. The molecule has 2 atom stereocenters. The van der Waals surface area contributed by atoms with E-state index >= 15 is 0 Å². The Hall–Kier alpha value is -8.15. The van der Waals surface area contributed by atoms with E-state index in [4.69, 9.17) is 19.4 Å². The van der Waals surface area contributed by atoms with Crippen molar-refractivity contribution in [2.75, 3.05) is 4.90 Å². The van der Waals surface area contributed by atoms with Gasteiger partial charge in [0.1, 0.15) is 11.3 Å². The van der Waals surface area contributed by atoms with Crippen LogP contribution in [0.4, 0.5) is 11.4 Å². The molecule has 12 rings (SSSR count). The maximum Gasteiger partial charge on any atom is 0.164 e. The van der Waals surface area contributed by atoms with E-state index in [2.05, 4.69) is 211 Å². The average molecular weight is 795 g/mol. The van der Waals surface area contributed by atoms with Crippen molar-refractivity contribution in [3.05, 3.63) is 229 Å². The summed E-state index contributed by atoms with van der Waals surface area (Å²) in [6, 6.07) is 72.4. The second kappa shape index (κ2) is 14.8. The van der Waals surface area contributed by atoms with Crippen molar-refractivity contribution in [1.82, 2.24) is 15.0 Å². The molecule has 2 aromatic heterocycles. The molecule has 5 heteroatoms. The molecule has 0 saturated carbocycles. The Balaban J connectivity index is 0.914. The topological polar surface area (TPSA) is 55.1 Å². The van der Waals surface area contributed by atoms with Crippen LogP contribution in [0.3, 0.4) is 0 Å². The highest BCUT2D eigenvalue weighted by molar-refractivity contribution is 5.98. The van der Waals surface area contributed by atoms with Crippen LogP contribution in [0.15, 0.2) is 217 Å². The molecule has 62 heavy (non-hydrogen) atoms. The van der Waals surface area contributed by atoms with E-state index < -0.39 is 0 Å². The number of fused-ring (bicyclic) bond motifs is 7. The molecule has 0 saturated heterocycles. The third-order valence-corrected chi connectivity index (χ3v) is 12.3. The Labute approximate surface area is 360 Å². The summed E-state index contributed by atoms with van der Waals surface area (Å²) >= 11 is 0. The highest BCUT2D eigenvalue weighted by Crippen LogP contribution is 2.54. The predicted molar refractivity (Wildman–Crippen MR) is 252 cm³/mol. The van der Waals surface area contributed by atoms with Crippen molar-refractivity contribution < 1.29 is 4.42 Å². The van der Waals surface area contributed by atoms with Gasteiger partial charge in [0.15, 0.2) is 17.5 Å². The molecule has 3 heterocycles. The SMILES string of the molecule is C1=CC2C(c3ccccc3N2c2ccccc2)c2c1oc1c(-c3ccc(-c4nc(-c5ccc(-c6ccccc6)cc5)nc(-c5ccc(-c6ccccc6)cc5)n4)cc3)cccc21. The van der Waals surface area contributed by atoms with Crippen molar-refractivity contribution in [2.45, 2.75) is 12.0 Å². The highest BCUT2D eigenvalue weighted by atomic mass is 16.3. The fraction of sp³-hybridized carbons (Fsp3) is 0.0351. The summed E-state index contributed by atoms with van der Waals surface area (Å²) in [4.78, 5) is 17.7. The molecule has 5 nitrogen and oxygen atoms in total. The van der Waals surface area contributed by atoms with Crippen molar-refractivity contribution in [1.29, 1.82) is 0 Å². The van der Waals surface area contributed by atoms with Gasteiger partial charge in [-0.05, 0) is 57.7 Å². The smallest absolute Gasteiger partial charge is 0.164 e. The Morgan fingerprint density at radius 3 is 1.44 bits per heavy atom. The Morgan fingerprint density at radius 2 is 0.871 bits per heavy atom. The Bertz CT molecular complexity index is 3170. The number of rotatable bonds is 7. The lowest BCUT2D eigenvalue weighted by molar-refractivity contribution is 0.585. The predicted octanol–water partition coefficient (Wildman–Crippen LogP) is 14.3. The summed E-state index contributed by atoms with van der Waals surface area (Å²) < 4.78 is 6.82. The molecule has 0 fully saturated rings. The van der Waals surface area contributed by atoms with Crippen molar-refractivity contribution in [3.8, 4) is 67.5 Å². The minimum Gasteiger partial charge on any atom is -0.456 e. The normalized spacial score (nSPS) is 15.0. The van der Waals surface area contributed by atoms with Crippen LogP contribution in [-0.2, 0) is 0 Å². The quantitative estimate of drug-likeness (QED) is 0.161. The number of nitrogens with zero attached hydrogens (tertiary/aromatic N) is 4. The number of hydrogen-bond acceptors (Lipinski definition) is 5. The van der Waals surface area contributed by atoms with Crippen LogP contribution in [0.5, 0.6) is 0 Å². The van der Waals surface area contributed by atoms with E-state index in [1.165, 1.54) is 33.6 Å². The first-order chi connectivity index (χ1) is 30.7. The fourth-order valence-electron chi connectivity index (χ4n) is 9.35. The van der Waals surface area contributed by atoms with Gasteiger partial charge in [-0.25, -0.2) is 15.0 Å². The zero-order chi connectivity index (χ0) is 41.0. The van der Waals surface area contributed by atoms with Gasteiger partial charge in [0.25, 0.3) is 0 Å². The minimum absolute atomic E-state index is 0.140. The molecule has 0 radical (unpaired) electrons. The molecule has 0 bridgehead atoms. The van der Waals surface area contributed by atoms with Gasteiger partial charge in [0, 0.05) is 50.5 Å². The largest absolute Gasteiger partial charge is 0.456 e. The van der Waals surface area contributed by atoms with E-state index in [1.54, 1.807) is 0 Å². The molecular formula is C57H38N4O. The Kier molecular flexibility index (Phi) is 8.56. The van der Waals surface area contributed by atoms with E-state index in [0.29, 0.717) is 17.5 Å². The van der Waals surface area contributed by atoms with Crippen LogP contribution in [0.25, 0.3) is 84.6 Å². The van der Waals surface area contributed by atoms with Gasteiger partial charge in [-0.3, -0.25) is 0 Å². The number of anilines is 2. The molecule has 2 aliphatic rings.